The number of benzene rings is 2. The minimum absolute atomic E-state index is 0. The predicted molar refractivity (Wildman–Crippen MR) is 86.5 cm³/mol. The summed E-state index contributed by atoms with van der Waals surface area (Å²) in [7, 11) is 0. The van der Waals surface area contributed by atoms with E-state index in [1.165, 1.54) is 6.33 Å². The van der Waals surface area contributed by atoms with E-state index in [0.717, 1.165) is 16.6 Å². The van der Waals surface area contributed by atoms with Crippen LogP contribution in [0.2, 0.25) is 10.0 Å². The third-order valence-electron chi connectivity index (χ3n) is 2.75. The second-order valence-electron chi connectivity index (χ2n) is 3.97. The van der Waals surface area contributed by atoms with E-state index in [1.807, 2.05) is 36.4 Å². The topological polar surface area (TPSA) is 37.8 Å². The molecule has 0 saturated heterocycles. The number of hydrogen-bond donors (Lipinski definition) is 1. The van der Waals surface area contributed by atoms with E-state index in [9.17, 15) is 0 Å². The third kappa shape index (κ3) is 2.80. The zero-order valence-electron chi connectivity index (χ0n) is 10.2. The van der Waals surface area contributed by atoms with Crippen LogP contribution < -0.4 is 5.32 Å². The van der Waals surface area contributed by atoms with Gasteiger partial charge in [0.2, 0.25) is 0 Å². The Morgan fingerprint density at radius 2 is 1.70 bits per heavy atom. The first-order chi connectivity index (χ1) is 9.25. The van der Waals surface area contributed by atoms with Gasteiger partial charge in [-0.25, -0.2) is 9.97 Å². The fraction of sp³-hybridized carbons (Fsp3) is 0. The Kier molecular flexibility index (Phi) is 4.65. The SMILES string of the molecule is Cl.Clc1cccc(Nc2ncnc3ccccc23)c1Cl. The van der Waals surface area contributed by atoms with Crippen LogP contribution in [0.4, 0.5) is 11.5 Å². The van der Waals surface area contributed by atoms with Gasteiger partial charge in [0.05, 0.1) is 21.2 Å². The molecule has 0 amide bonds. The van der Waals surface area contributed by atoms with Gasteiger partial charge in [0.15, 0.2) is 0 Å². The maximum atomic E-state index is 6.16. The average Bonchev–Trinajstić information content (AvgIpc) is 2.44. The van der Waals surface area contributed by atoms with Crippen molar-refractivity contribution in [2.75, 3.05) is 5.32 Å². The van der Waals surface area contributed by atoms with E-state index in [0.29, 0.717) is 15.9 Å². The molecular formula is C14H10Cl3N3. The van der Waals surface area contributed by atoms with Crippen LogP contribution in [0.25, 0.3) is 10.9 Å². The van der Waals surface area contributed by atoms with Crippen LogP contribution in [0.3, 0.4) is 0 Å². The van der Waals surface area contributed by atoms with Gasteiger partial charge >= 0.3 is 0 Å². The van der Waals surface area contributed by atoms with Crippen LogP contribution in [0.15, 0.2) is 48.8 Å². The molecular weight excluding hydrogens is 317 g/mol. The number of para-hydroxylation sites is 1. The molecule has 2 aromatic carbocycles. The number of rotatable bonds is 2. The molecule has 0 bridgehead atoms. The fourth-order valence-electron chi connectivity index (χ4n) is 1.83. The lowest BCUT2D eigenvalue weighted by atomic mass is 10.2. The van der Waals surface area contributed by atoms with Gasteiger partial charge in [-0.3, -0.25) is 0 Å². The lowest BCUT2D eigenvalue weighted by Gasteiger charge is -2.10. The summed E-state index contributed by atoms with van der Waals surface area (Å²) in [6.45, 7) is 0. The monoisotopic (exact) mass is 325 g/mol. The number of halogens is 3. The minimum atomic E-state index is 0. The number of anilines is 2. The van der Waals surface area contributed by atoms with Gasteiger partial charge in [0.25, 0.3) is 0 Å². The van der Waals surface area contributed by atoms with Crippen molar-refractivity contribution in [2.45, 2.75) is 0 Å². The van der Waals surface area contributed by atoms with Gasteiger partial charge in [-0.05, 0) is 24.3 Å². The molecule has 1 heterocycles. The van der Waals surface area contributed by atoms with Crippen molar-refractivity contribution in [1.29, 1.82) is 0 Å². The summed E-state index contributed by atoms with van der Waals surface area (Å²) in [6, 6.07) is 13.2. The van der Waals surface area contributed by atoms with Crippen molar-refractivity contribution in [3.8, 4) is 0 Å². The molecule has 6 heteroatoms. The normalized spacial score (nSPS) is 10.1. The molecule has 0 atom stereocenters. The van der Waals surface area contributed by atoms with E-state index in [-0.39, 0.29) is 12.4 Å². The molecule has 0 aliphatic rings. The Morgan fingerprint density at radius 1 is 0.900 bits per heavy atom. The van der Waals surface area contributed by atoms with Crippen molar-refractivity contribution in [1.82, 2.24) is 9.97 Å². The maximum Gasteiger partial charge on any atom is 0.141 e. The van der Waals surface area contributed by atoms with Crippen molar-refractivity contribution in [2.24, 2.45) is 0 Å². The van der Waals surface area contributed by atoms with Crippen LogP contribution in [-0.2, 0) is 0 Å². The van der Waals surface area contributed by atoms with Crippen molar-refractivity contribution < 1.29 is 0 Å². The Bertz CT molecular complexity index is 741. The smallest absolute Gasteiger partial charge is 0.141 e. The van der Waals surface area contributed by atoms with Gasteiger partial charge in [-0.2, -0.15) is 0 Å². The standard InChI is InChI=1S/C14H9Cl2N3.ClH/c15-10-5-3-7-12(13(10)16)19-14-9-4-1-2-6-11(9)17-8-18-14;/h1-8H,(H,17,18,19);1H. The molecule has 1 N–H and O–H groups in total. The number of hydrogen-bond acceptors (Lipinski definition) is 3. The molecule has 3 nitrogen and oxygen atoms in total. The zero-order chi connectivity index (χ0) is 13.2. The molecule has 0 fully saturated rings. The highest BCUT2D eigenvalue weighted by Crippen LogP contribution is 2.32. The van der Waals surface area contributed by atoms with Crippen LogP contribution in [0, 0.1) is 0 Å². The third-order valence-corrected chi connectivity index (χ3v) is 3.57. The quantitative estimate of drug-likeness (QED) is 0.711. The molecule has 0 radical (unpaired) electrons. The Labute approximate surface area is 132 Å². The highest BCUT2D eigenvalue weighted by molar-refractivity contribution is 6.43. The Balaban J connectivity index is 0.00000147. The summed E-state index contributed by atoms with van der Waals surface area (Å²) in [6.07, 6.45) is 1.52. The molecule has 102 valence electrons. The van der Waals surface area contributed by atoms with Gasteiger partial charge in [-0.1, -0.05) is 41.4 Å². The van der Waals surface area contributed by atoms with Crippen molar-refractivity contribution in [3.63, 3.8) is 0 Å². The van der Waals surface area contributed by atoms with Crippen LogP contribution in [0.5, 0.6) is 0 Å². The molecule has 0 spiro atoms. The summed E-state index contributed by atoms with van der Waals surface area (Å²) in [5.41, 5.74) is 1.59. The lowest BCUT2D eigenvalue weighted by Crippen LogP contribution is -1.96. The highest BCUT2D eigenvalue weighted by Gasteiger charge is 2.07. The number of nitrogens with one attached hydrogen (secondary N) is 1. The molecule has 20 heavy (non-hydrogen) atoms. The first-order valence-corrected chi connectivity index (χ1v) is 6.42. The largest absolute Gasteiger partial charge is 0.338 e. The first-order valence-electron chi connectivity index (χ1n) is 5.66. The van der Waals surface area contributed by atoms with E-state index >= 15 is 0 Å². The van der Waals surface area contributed by atoms with E-state index in [2.05, 4.69) is 15.3 Å². The van der Waals surface area contributed by atoms with Crippen LogP contribution >= 0.6 is 35.6 Å². The van der Waals surface area contributed by atoms with Crippen molar-refractivity contribution >= 4 is 58.0 Å². The Hall–Kier alpha value is -1.55. The molecule has 0 aliphatic heterocycles. The summed E-state index contributed by atoms with van der Waals surface area (Å²) < 4.78 is 0. The van der Waals surface area contributed by atoms with Crippen molar-refractivity contribution in [3.05, 3.63) is 58.8 Å². The lowest BCUT2D eigenvalue weighted by molar-refractivity contribution is 1.22. The molecule has 3 rings (SSSR count). The molecule has 0 unspecified atom stereocenters. The first kappa shape index (κ1) is 14.9. The van der Waals surface area contributed by atoms with E-state index in [4.69, 9.17) is 23.2 Å². The summed E-state index contributed by atoms with van der Waals surface area (Å²) >= 11 is 12.2. The molecule has 3 aromatic rings. The van der Waals surface area contributed by atoms with Crippen LogP contribution in [-0.4, -0.2) is 9.97 Å². The highest BCUT2D eigenvalue weighted by atomic mass is 35.5. The average molecular weight is 327 g/mol. The zero-order valence-corrected chi connectivity index (χ0v) is 12.5. The second kappa shape index (κ2) is 6.27. The predicted octanol–water partition coefficient (Wildman–Crippen LogP) is 5.10. The number of fused-ring (bicyclic) bond motifs is 1. The number of aromatic nitrogens is 2. The number of nitrogens with zero attached hydrogens (tertiary/aromatic N) is 2. The van der Waals surface area contributed by atoms with Gasteiger partial charge < -0.3 is 5.32 Å². The Morgan fingerprint density at radius 3 is 2.55 bits per heavy atom. The van der Waals surface area contributed by atoms with Crippen LogP contribution in [0.1, 0.15) is 0 Å². The molecule has 0 aliphatic carbocycles. The van der Waals surface area contributed by atoms with E-state index < -0.39 is 0 Å². The molecule has 1 aromatic heterocycles. The van der Waals surface area contributed by atoms with Gasteiger partial charge in [0.1, 0.15) is 12.1 Å². The second-order valence-corrected chi connectivity index (χ2v) is 4.75. The summed E-state index contributed by atoms with van der Waals surface area (Å²) in [5, 5.41) is 5.10. The summed E-state index contributed by atoms with van der Waals surface area (Å²) in [4.78, 5) is 8.46. The van der Waals surface area contributed by atoms with Gasteiger partial charge in [-0.15, -0.1) is 12.4 Å². The van der Waals surface area contributed by atoms with Gasteiger partial charge in [0, 0.05) is 5.39 Å². The summed E-state index contributed by atoms with van der Waals surface area (Å²) in [5.74, 6) is 0.703. The fourth-order valence-corrected chi connectivity index (χ4v) is 2.18. The maximum absolute atomic E-state index is 6.16. The van der Waals surface area contributed by atoms with E-state index in [1.54, 1.807) is 6.07 Å². The minimum Gasteiger partial charge on any atom is -0.338 e. The molecule has 0 saturated carbocycles.